The second-order valence-electron chi connectivity index (χ2n) is 6.08. The second kappa shape index (κ2) is 6.02. The first kappa shape index (κ1) is 14.3. The Labute approximate surface area is 127 Å². The van der Waals surface area contributed by atoms with Crippen molar-refractivity contribution in [1.82, 2.24) is 15.1 Å². The lowest BCUT2D eigenvalue weighted by molar-refractivity contribution is 0.315. The highest BCUT2D eigenvalue weighted by atomic mass is 15.3. The molecule has 0 spiro atoms. The molecule has 3 heteroatoms. The Balaban J connectivity index is 2.02. The first-order chi connectivity index (χ1) is 10.3. The number of likely N-dealkylation sites (N-methyl/N-ethyl adjacent to an activating group) is 1. The summed E-state index contributed by atoms with van der Waals surface area (Å²) in [5.74, 6) is 0. The second-order valence-corrected chi connectivity index (χ2v) is 6.08. The Morgan fingerprint density at radius 1 is 1.24 bits per heavy atom. The topological polar surface area (TPSA) is 29.9 Å². The maximum Gasteiger partial charge on any atom is 0.0537 e. The molecule has 1 fully saturated rings. The zero-order chi connectivity index (χ0) is 14.7. The summed E-state index contributed by atoms with van der Waals surface area (Å²) in [6.45, 7) is 3.06. The van der Waals surface area contributed by atoms with Crippen LogP contribution >= 0.6 is 0 Å². The van der Waals surface area contributed by atoms with E-state index in [2.05, 4.69) is 60.9 Å². The van der Waals surface area contributed by atoms with Gasteiger partial charge in [0.15, 0.2) is 0 Å². The van der Waals surface area contributed by atoms with Gasteiger partial charge in [-0.05, 0) is 32.4 Å². The molecule has 21 heavy (non-hydrogen) atoms. The Morgan fingerprint density at radius 3 is 2.52 bits per heavy atom. The highest BCUT2D eigenvalue weighted by Gasteiger charge is 2.43. The van der Waals surface area contributed by atoms with Gasteiger partial charge in [-0.15, -0.1) is 0 Å². The normalized spacial score (nSPS) is 18.8. The molecule has 1 atom stereocenters. The summed E-state index contributed by atoms with van der Waals surface area (Å²) in [5, 5.41) is 8.06. The fraction of sp³-hybridized carbons (Fsp3) is 0.500. The first-order valence-electron chi connectivity index (χ1n) is 8.05. The number of nitrogens with zero attached hydrogens (tertiary/aromatic N) is 2. The lowest BCUT2D eigenvalue weighted by atomic mass is 9.71. The molecule has 1 aromatic heterocycles. The molecule has 1 saturated carbocycles. The van der Waals surface area contributed by atoms with Gasteiger partial charge >= 0.3 is 0 Å². The van der Waals surface area contributed by atoms with E-state index in [0.717, 1.165) is 6.54 Å². The van der Waals surface area contributed by atoms with Crippen molar-refractivity contribution in [2.75, 3.05) is 7.05 Å². The SMILES string of the molecule is CCn1cc(C(NC)C2(c3ccccc3)CCCC2)cn1. The van der Waals surface area contributed by atoms with Crippen molar-refractivity contribution in [3.05, 3.63) is 53.9 Å². The van der Waals surface area contributed by atoms with E-state index >= 15 is 0 Å². The van der Waals surface area contributed by atoms with E-state index in [-0.39, 0.29) is 5.41 Å². The quantitative estimate of drug-likeness (QED) is 0.907. The van der Waals surface area contributed by atoms with E-state index in [4.69, 9.17) is 0 Å². The van der Waals surface area contributed by atoms with Gasteiger partial charge in [-0.2, -0.15) is 5.10 Å². The van der Waals surface area contributed by atoms with E-state index in [1.807, 2.05) is 10.9 Å². The van der Waals surface area contributed by atoms with Crippen LogP contribution in [0, 0.1) is 0 Å². The van der Waals surface area contributed by atoms with E-state index in [9.17, 15) is 0 Å². The number of rotatable bonds is 5. The molecule has 2 aromatic rings. The molecular formula is C18H25N3. The average molecular weight is 283 g/mol. The van der Waals surface area contributed by atoms with Crippen LogP contribution in [0.15, 0.2) is 42.7 Å². The maximum absolute atomic E-state index is 4.48. The van der Waals surface area contributed by atoms with Gasteiger partial charge in [-0.1, -0.05) is 43.2 Å². The van der Waals surface area contributed by atoms with Crippen LogP contribution in [0.1, 0.15) is 49.8 Å². The number of hydrogen-bond acceptors (Lipinski definition) is 2. The molecule has 0 saturated heterocycles. The number of benzene rings is 1. The minimum Gasteiger partial charge on any atom is -0.312 e. The first-order valence-corrected chi connectivity index (χ1v) is 8.05. The molecule has 112 valence electrons. The Bertz CT molecular complexity index is 567. The molecule has 0 aliphatic heterocycles. The zero-order valence-electron chi connectivity index (χ0n) is 13.0. The van der Waals surface area contributed by atoms with Crippen LogP contribution in [0.25, 0.3) is 0 Å². The third-order valence-corrected chi connectivity index (χ3v) is 5.00. The number of aryl methyl sites for hydroxylation is 1. The van der Waals surface area contributed by atoms with Crippen molar-refractivity contribution in [2.24, 2.45) is 0 Å². The van der Waals surface area contributed by atoms with Crippen LogP contribution < -0.4 is 5.32 Å². The molecule has 3 nitrogen and oxygen atoms in total. The van der Waals surface area contributed by atoms with Gasteiger partial charge in [0.1, 0.15) is 0 Å². The van der Waals surface area contributed by atoms with Crippen molar-refractivity contribution >= 4 is 0 Å². The molecule has 1 N–H and O–H groups in total. The summed E-state index contributed by atoms with van der Waals surface area (Å²) in [6, 6.07) is 11.4. The summed E-state index contributed by atoms with van der Waals surface area (Å²) in [6.07, 6.45) is 9.36. The van der Waals surface area contributed by atoms with Crippen LogP contribution in [0.3, 0.4) is 0 Å². The third kappa shape index (κ3) is 2.51. The standard InChI is InChI=1S/C18H25N3/c1-3-21-14-15(13-20-21)17(19-2)18(11-7-8-12-18)16-9-5-4-6-10-16/h4-6,9-10,13-14,17,19H,3,7-8,11-12H2,1-2H3. The van der Waals surface area contributed by atoms with Gasteiger partial charge in [0, 0.05) is 29.8 Å². The fourth-order valence-corrected chi connectivity index (χ4v) is 3.98. The molecule has 0 amide bonds. The monoisotopic (exact) mass is 283 g/mol. The number of nitrogens with one attached hydrogen (secondary N) is 1. The highest BCUT2D eigenvalue weighted by molar-refractivity contribution is 5.33. The lowest BCUT2D eigenvalue weighted by Crippen LogP contribution is -2.38. The molecule has 1 aliphatic rings. The molecule has 0 radical (unpaired) electrons. The summed E-state index contributed by atoms with van der Waals surface area (Å²) in [5.41, 5.74) is 2.98. The summed E-state index contributed by atoms with van der Waals surface area (Å²) < 4.78 is 2.02. The van der Waals surface area contributed by atoms with Crippen molar-refractivity contribution < 1.29 is 0 Å². The molecule has 1 aromatic carbocycles. The van der Waals surface area contributed by atoms with Crippen LogP contribution in [-0.2, 0) is 12.0 Å². The summed E-state index contributed by atoms with van der Waals surface area (Å²) in [7, 11) is 2.08. The maximum atomic E-state index is 4.48. The van der Waals surface area contributed by atoms with E-state index in [1.54, 1.807) is 0 Å². The smallest absolute Gasteiger partial charge is 0.0537 e. The predicted octanol–water partition coefficient (Wildman–Crippen LogP) is 3.68. The third-order valence-electron chi connectivity index (χ3n) is 5.00. The Morgan fingerprint density at radius 2 is 1.95 bits per heavy atom. The molecular weight excluding hydrogens is 258 g/mol. The van der Waals surface area contributed by atoms with Gasteiger partial charge in [0.2, 0.25) is 0 Å². The van der Waals surface area contributed by atoms with Crippen molar-refractivity contribution in [3.63, 3.8) is 0 Å². The van der Waals surface area contributed by atoms with Crippen molar-refractivity contribution in [1.29, 1.82) is 0 Å². The van der Waals surface area contributed by atoms with E-state index in [1.165, 1.54) is 36.8 Å². The lowest BCUT2D eigenvalue weighted by Gasteiger charge is -2.38. The van der Waals surface area contributed by atoms with Gasteiger partial charge in [-0.3, -0.25) is 4.68 Å². The molecule has 1 aliphatic carbocycles. The minimum absolute atomic E-state index is 0.206. The van der Waals surface area contributed by atoms with Crippen LogP contribution in [0.2, 0.25) is 0 Å². The Kier molecular flexibility index (Phi) is 4.11. The van der Waals surface area contributed by atoms with Crippen molar-refractivity contribution in [3.8, 4) is 0 Å². The summed E-state index contributed by atoms with van der Waals surface area (Å²) >= 11 is 0. The largest absolute Gasteiger partial charge is 0.312 e. The molecule has 3 rings (SSSR count). The highest BCUT2D eigenvalue weighted by Crippen LogP contribution is 2.49. The molecule has 1 unspecified atom stereocenters. The molecule has 0 bridgehead atoms. The van der Waals surface area contributed by atoms with Crippen LogP contribution in [0.5, 0.6) is 0 Å². The van der Waals surface area contributed by atoms with Crippen LogP contribution in [-0.4, -0.2) is 16.8 Å². The van der Waals surface area contributed by atoms with E-state index in [0.29, 0.717) is 6.04 Å². The van der Waals surface area contributed by atoms with Gasteiger partial charge < -0.3 is 5.32 Å². The van der Waals surface area contributed by atoms with Gasteiger partial charge in [-0.25, -0.2) is 0 Å². The van der Waals surface area contributed by atoms with Crippen molar-refractivity contribution in [2.45, 2.75) is 50.6 Å². The molecule has 1 heterocycles. The zero-order valence-corrected chi connectivity index (χ0v) is 13.0. The number of aromatic nitrogens is 2. The number of hydrogen-bond donors (Lipinski definition) is 1. The van der Waals surface area contributed by atoms with Crippen LogP contribution in [0.4, 0.5) is 0 Å². The summed E-state index contributed by atoms with van der Waals surface area (Å²) in [4.78, 5) is 0. The average Bonchev–Trinajstić information content (AvgIpc) is 3.19. The van der Waals surface area contributed by atoms with E-state index < -0.39 is 0 Å². The predicted molar refractivity (Wildman–Crippen MR) is 86.3 cm³/mol. The minimum atomic E-state index is 0.206. The Hall–Kier alpha value is -1.61. The van der Waals surface area contributed by atoms with Gasteiger partial charge in [0.05, 0.1) is 6.20 Å². The van der Waals surface area contributed by atoms with Gasteiger partial charge in [0.25, 0.3) is 0 Å². The fourth-order valence-electron chi connectivity index (χ4n) is 3.98.